The minimum Gasteiger partial charge on any atom is -0.497 e. The number of hydrogen-bond donors (Lipinski definition) is 1. The van der Waals surface area contributed by atoms with Gasteiger partial charge < -0.3 is 14.5 Å². The predicted octanol–water partition coefficient (Wildman–Crippen LogP) is 4.09. The van der Waals surface area contributed by atoms with E-state index >= 15 is 0 Å². The molecule has 4 aromatic rings. The third-order valence-corrected chi connectivity index (χ3v) is 3.83. The summed E-state index contributed by atoms with van der Waals surface area (Å²) in [5.41, 5.74) is 0.939. The molecule has 0 bridgehead atoms. The Hall–Kier alpha value is -3.34. The van der Waals surface area contributed by atoms with Crippen LogP contribution in [0.3, 0.4) is 0 Å². The molecule has 0 spiro atoms. The van der Waals surface area contributed by atoms with E-state index in [9.17, 15) is 4.79 Å². The van der Waals surface area contributed by atoms with Crippen molar-refractivity contribution in [1.82, 2.24) is 4.98 Å². The molecule has 1 aromatic heterocycles. The van der Waals surface area contributed by atoms with Gasteiger partial charge in [-0.15, -0.1) is 0 Å². The van der Waals surface area contributed by atoms with E-state index in [1.165, 1.54) is 0 Å². The number of nitrogens with zero attached hydrogens (tertiary/aromatic N) is 1. The lowest BCUT2D eigenvalue weighted by Crippen LogP contribution is -2.08. The summed E-state index contributed by atoms with van der Waals surface area (Å²) in [4.78, 5) is 16.3. The van der Waals surface area contributed by atoms with Gasteiger partial charge in [0.25, 0.3) is 5.56 Å². The van der Waals surface area contributed by atoms with Crippen LogP contribution >= 0.6 is 0 Å². The van der Waals surface area contributed by atoms with Crippen LogP contribution in [0.25, 0.3) is 21.7 Å². The molecule has 0 aliphatic heterocycles. The zero-order valence-corrected chi connectivity index (χ0v) is 12.9. The van der Waals surface area contributed by atoms with Gasteiger partial charge in [0.1, 0.15) is 11.3 Å². The Morgan fingerprint density at radius 1 is 1.00 bits per heavy atom. The van der Waals surface area contributed by atoms with Crippen molar-refractivity contribution < 1.29 is 9.15 Å². The van der Waals surface area contributed by atoms with Crippen molar-refractivity contribution in [2.45, 2.75) is 0 Å². The van der Waals surface area contributed by atoms with E-state index in [4.69, 9.17) is 9.15 Å². The van der Waals surface area contributed by atoms with E-state index in [2.05, 4.69) is 10.3 Å². The first-order valence-electron chi connectivity index (χ1n) is 7.48. The van der Waals surface area contributed by atoms with Crippen LogP contribution in [0.15, 0.2) is 69.9 Å². The standard InChI is InChI=1S/C19H14N2O3/c1-23-15-8-6-14(7-9-15)20-19-21-18(22)16-10-12-4-2-3-5-13(12)11-17(16)24-19/h2-11H,1H3,(H,20,21,22). The highest BCUT2D eigenvalue weighted by atomic mass is 16.5. The summed E-state index contributed by atoms with van der Waals surface area (Å²) in [5, 5.41) is 5.46. The smallest absolute Gasteiger partial charge is 0.303 e. The maximum absolute atomic E-state index is 12.3. The molecule has 0 saturated carbocycles. The Morgan fingerprint density at radius 2 is 1.71 bits per heavy atom. The van der Waals surface area contributed by atoms with Crippen molar-refractivity contribution in [3.8, 4) is 5.75 Å². The molecule has 0 atom stereocenters. The topological polar surface area (TPSA) is 64.4 Å². The normalized spacial score (nSPS) is 10.9. The summed E-state index contributed by atoms with van der Waals surface area (Å²) in [5.74, 6) is 0.750. The Kier molecular flexibility index (Phi) is 3.39. The molecular formula is C19H14N2O3. The van der Waals surface area contributed by atoms with Crippen molar-refractivity contribution >= 4 is 33.4 Å². The molecule has 5 nitrogen and oxygen atoms in total. The summed E-state index contributed by atoms with van der Waals surface area (Å²) in [6.07, 6.45) is 0. The van der Waals surface area contributed by atoms with Crippen molar-refractivity contribution in [3.05, 3.63) is 71.0 Å². The number of methoxy groups -OCH3 is 1. The fourth-order valence-electron chi connectivity index (χ4n) is 2.60. The van der Waals surface area contributed by atoms with Crippen LogP contribution in [0.1, 0.15) is 0 Å². The predicted molar refractivity (Wildman–Crippen MR) is 94.1 cm³/mol. The van der Waals surface area contributed by atoms with Crippen LogP contribution in [0.2, 0.25) is 0 Å². The molecule has 0 amide bonds. The van der Waals surface area contributed by atoms with Gasteiger partial charge in [-0.05, 0) is 47.2 Å². The molecule has 0 aliphatic carbocycles. The Bertz CT molecular complexity index is 1090. The van der Waals surface area contributed by atoms with Gasteiger partial charge in [-0.2, -0.15) is 4.98 Å². The van der Waals surface area contributed by atoms with E-state index in [0.717, 1.165) is 22.2 Å². The molecule has 4 rings (SSSR count). The minimum absolute atomic E-state index is 0.160. The maximum atomic E-state index is 12.3. The van der Waals surface area contributed by atoms with E-state index in [0.29, 0.717) is 11.0 Å². The summed E-state index contributed by atoms with van der Waals surface area (Å²) < 4.78 is 10.9. The van der Waals surface area contributed by atoms with E-state index < -0.39 is 0 Å². The average Bonchev–Trinajstić information content (AvgIpc) is 2.61. The van der Waals surface area contributed by atoms with E-state index in [-0.39, 0.29) is 11.6 Å². The molecule has 0 unspecified atom stereocenters. The molecular weight excluding hydrogens is 304 g/mol. The molecule has 24 heavy (non-hydrogen) atoms. The van der Waals surface area contributed by atoms with Crippen LogP contribution < -0.4 is 15.6 Å². The number of aromatic nitrogens is 1. The van der Waals surface area contributed by atoms with Gasteiger partial charge >= 0.3 is 6.01 Å². The third-order valence-electron chi connectivity index (χ3n) is 3.83. The van der Waals surface area contributed by atoms with Gasteiger partial charge in [-0.3, -0.25) is 4.79 Å². The lowest BCUT2D eigenvalue weighted by Gasteiger charge is -2.07. The van der Waals surface area contributed by atoms with Gasteiger partial charge in [-0.1, -0.05) is 24.3 Å². The van der Waals surface area contributed by atoms with Crippen molar-refractivity contribution in [1.29, 1.82) is 0 Å². The lowest BCUT2D eigenvalue weighted by molar-refractivity contribution is 0.415. The quantitative estimate of drug-likeness (QED) is 0.576. The lowest BCUT2D eigenvalue weighted by atomic mass is 10.1. The largest absolute Gasteiger partial charge is 0.497 e. The van der Waals surface area contributed by atoms with Gasteiger partial charge in [0.15, 0.2) is 0 Å². The molecule has 118 valence electrons. The Morgan fingerprint density at radius 3 is 2.42 bits per heavy atom. The van der Waals surface area contributed by atoms with Crippen LogP contribution in [-0.2, 0) is 0 Å². The highest BCUT2D eigenvalue weighted by Crippen LogP contribution is 2.24. The first-order valence-corrected chi connectivity index (χ1v) is 7.48. The zero-order valence-electron chi connectivity index (χ0n) is 12.9. The summed E-state index contributed by atoms with van der Waals surface area (Å²) in [6, 6.07) is 18.9. The molecule has 0 radical (unpaired) electrons. The Labute approximate surface area is 137 Å². The number of anilines is 2. The molecule has 5 heteroatoms. The number of rotatable bonds is 3. The summed E-state index contributed by atoms with van der Waals surface area (Å²) in [6.45, 7) is 0. The monoisotopic (exact) mass is 318 g/mol. The second kappa shape index (κ2) is 5.70. The Balaban J connectivity index is 1.78. The molecule has 0 saturated heterocycles. The molecule has 1 N–H and O–H groups in total. The summed E-state index contributed by atoms with van der Waals surface area (Å²) >= 11 is 0. The molecule has 0 aliphatic rings. The fraction of sp³-hybridized carbons (Fsp3) is 0.0526. The van der Waals surface area contributed by atoms with Gasteiger partial charge in [0.05, 0.1) is 12.5 Å². The van der Waals surface area contributed by atoms with E-state index in [1.807, 2.05) is 54.6 Å². The van der Waals surface area contributed by atoms with Crippen LogP contribution in [0.5, 0.6) is 5.75 Å². The second-order valence-electron chi connectivity index (χ2n) is 5.37. The van der Waals surface area contributed by atoms with Crippen LogP contribution in [0, 0.1) is 0 Å². The van der Waals surface area contributed by atoms with Crippen molar-refractivity contribution in [3.63, 3.8) is 0 Å². The number of ether oxygens (including phenoxy) is 1. The van der Waals surface area contributed by atoms with Gasteiger partial charge in [0, 0.05) is 5.69 Å². The number of fused-ring (bicyclic) bond motifs is 2. The number of nitrogens with one attached hydrogen (secondary N) is 1. The average molecular weight is 318 g/mol. The maximum Gasteiger partial charge on any atom is 0.303 e. The van der Waals surface area contributed by atoms with Crippen molar-refractivity contribution in [2.24, 2.45) is 0 Å². The fourth-order valence-corrected chi connectivity index (χ4v) is 2.60. The van der Waals surface area contributed by atoms with Gasteiger partial charge in [0.2, 0.25) is 0 Å². The molecule has 3 aromatic carbocycles. The molecule has 1 heterocycles. The van der Waals surface area contributed by atoms with Crippen LogP contribution in [-0.4, -0.2) is 12.1 Å². The highest BCUT2D eigenvalue weighted by Gasteiger charge is 2.08. The SMILES string of the molecule is COc1ccc(Nc2nc(=O)c3cc4ccccc4cc3o2)cc1. The second-order valence-corrected chi connectivity index (χ2v) is 5.37. The highest BCUT2D eigenvalue weighted by molar-refractivity contribution is 5.95. The van der Waals surface area contributed by atoms with Crippen LogP contribution in [0.4, 0.5) is 11.7 Å². The first-order chi connectivity index (χ1) is 11.7. The van der Waals surface area contributed by atoms with Crippen molar-refractivity contribution in [2.75, 3.05) is 12.4 Å². The molecule has 0 fully saturated rings. The third kappa shape index (κ3) is 2.56. The minimum atomic E-state index is -0.321. The van der Waals surface area contributed by atoms with Gasteiger partial charge in [-0.25, -0.2) is 0 Å². The first kappa shape index (κ1) is 14.3. The summed E-state index contributed by atoms with van der Waals surface area (Å²) in [7, 11) is 1.61. The number of benzene rings is 3. The van der Waals surface area contributed by atoms with E-state index in [1.54, 1.807) is 13.2 Å². The number of hydrogen-bond acceptors (Lipinski definition) is 5. The zero-order chi connectivity index (χ0) is 16.5.